The summed E-state index contributed by atoms with van der Waals surface area (Å²) >= 11 is 0. The van der Waals surface area contributed by atoms with Crippen molar-refractivity contribution < 1.29 is 4.74 Å². The summed E-state index contributed by atoms with van der Waals surface area (Å²) in [5, 5.41) is 3.21. The van der Waals surface area contributed by atoms with Gasteiger partial charge in [0.25, 0.3) is 5.56 Å². The van der Waals surface area contributed by atoms with Gasteiger partial charge in [0, 0.05) is 25.4 Å². The Morgan fingerprint density at radius 3 is 2.58 bits per heavy atom. The second-order valence-corrected chi connectivity index (χ2v) is 5.60. The Hall–Kier alpha value is -1.29. The maximum atomic E-state index is 12.4. The third kappa shape index (κ3) is 3.38. The number of rotatable bonds is 4. The van der Waals surface area contributed by atoms with Gasteiger partial charge in [-0.15, -0.1) is 0 Å². The number of ether oxygens (including phenoxy) is 1. The molecule has 0 spiro atoms. The molecular weight excluding hydrogens is 240 g/mol. The van der Waals surface area contributed by atoms with Crippen LogP contribution in [-0.4, -0.2) is 23.8 Å². The van der Waals surface area contributed by atoms with Crippen molar-refractivity contribution in [1.29, 1.82) is 0 Å². The number of nitrogens with zero attached hydrogens (tertiary/aromatic N) is 1. The van der Waals surface area contributed by atoms with Gasteiger partial charge in [-0.05, 0) is 51.7 Å². The first-order chi connectivity index (χ1) is 9.11. The van der Waals surface area contributed by atoms with Crippen molar-refractivity contribution in [3.05, 3.63) is 28.7 Å². The summed E-state index contributed by atoms with van der Waals surface area (Å²) in [6, 6.07) is 4.40. The first-order valence-electron chi connectivity index (χ1n) is 7.12. The zero-order valence-corrected chi connectivity index (χ0v) is 12.1. The van der Waals surface area contributed by atoms with Gasteiger partial charge >= 0.3 is 0 Å². The minimum Gasteiger partial charge on any atom is -0.381 e. The summed E-state index contributed by atoms with van der Waals surface area (Å²) < 4.78 is 7.27. The summed E-state index contributed by atoms with van der Waals surface area (Å²) in [6.45, 7) is 4.08. The molecule has 1 aliphatic rings. The van der Waals surface area contributed by atoms with Gasteiger partial charge < -0.3 is 14.6 Å². The van der Waals surface area contributed by atoms with Crippen LogP contribution in [0.3, 0.4) is 0 Å². The molecule has 19 heavy (non-hydrogen) atoms. The highest BCUT2D eigenvalue weighted by Crippen LogP contribution is 2.28. The fourth-order valence-electron chi connectivity index (χ4n) is 2.78. The van der Waals surface area contributed by atoms with Crippen LogP contribution in [0.25, 0.3) is 0 Å². The lowest BCUT2D eigenvalue weighted by Gasteiger charge is -2.29. The van der Waals surface area contributed by atoms with Crippen LogP contribution >= 0.6 is 0 Å². The molecule has 1 aliphatic carbocycles. The quantitative estimate of drug-likeness (QED) is 0.909. The molecule has 0 radical (unpaired) electrons. The molecule has 0 atom stereocenters. The molecule has 0 bridgehead atoms. The van der Waals surface area contributed by atoms with Crippen LogP contribution in [0.2, 0.25) is 0 Å². The highest BCUT2D eigenvalue weighted by atomic mass is 16.5. The van der Waals surface area contributed by atoms with Crippen molar-refractivity contribution in [3.63, 3.8) is 0 Å². The van der Waals surface area contributed by atoms with E-state index in [-0.39, 0.29) is 11.6 Å². The van der Waals surface area contributed by atoms with Crippen LogP contribution in [0.5, 0.6) is 0 Å². The lowest BCUT2D eigenvalue weighted by atomic mass is 9.92. The normalized spacial score (nSPS) is 23.6. The summed E-state index contributed by atoms with van der Waals surface area (Å²) in [5.74, 6) is 0. The van der Waals surface area contributed by atoms with E-state index in [1.165, 1.54) is 0 Å². The van der Waals surface area contributed by atoms with Crippen LogP contribution in [0.1, 0.15) is 45.6 Å². The van der Waals surface area contributed by atoms with Gasteiger partial charge in [0.1, 0.15) is 5.69 Å². The van der Waals surface area contributed by atoms with Gasteiger partial charge in [-0.25, -0.2) is 0 Å². The van der Waals surface area contributed by atoms with Crippen LogP contribution in [0, 0.1) is 0 Å². The molecule has 106 valence electrons. The highest BCUT2D eigenvalue weighted by Gasteiger charge is 2.23. The molecule has 4 heteroatoms. The van der Waals surface area contributed by atoms with E-state index in [0.717, 1.165) is 25.7 Å². The zero-order chi connectivity index (χ0) is 13.8. The molecule has 0 unspecified atom stereocenters. The van der Waals surface area contributed by atoms with Crippen molar-refractivity contribution in [2.24, 2.45) is 0 Å². The van der Waals surface area contributed by atoms with E-state index in [1.807, 2.05) is 36.7 Å². The predicted octanol–water partition coefficient (Wildman–Crippen LogP) is 2.80. The molecule has 0 aliphatic heterocycles. The van der Waals surface area contributed by atoms with E-state index in [9.17, 15) is 4.79 Å². The largest absolute Gasteiger partial charge is 0.381 e. The number of pyridine rings is 1. The van der Waals surface area contributed by atoms with Gasteiger partial charge in [-0.3, -0.25) is 4.79 Å². The van der Waals surface area contributed by atoms with Crippen LogP contribution < -0.4 is 10.9 Å². The molecule has 1 fully saturated rings. The lowest BCUT2D eigenvalue weighted by molar-refractivity contribution is 0.0580. The summed E-state index contributed by atoms with van der Waals surface area (Å²) in [7, 11) is 1.77. The number of hydrogen-bond acceptors (Lipinski definition) is 3. The fraction of sp³-hybridized carbons (Fsp3) is 0.667. The second-order valence-electron chi connectivity index (χ2n) is 5.60. The molecule has 1 heterocycles. The van der Waals surface area contributed by atoms with E-state index in [1.54, 1.807) is 7.11 Å². The average Bonchev–Trinajstić information content (AvgIpc) is 2.41. The number of aromatic nitrogens is 1. The molecule has 1 aromatic rings. The van der Waals surface area contributed by atoms with E-state index in [4.69, 9.17) is 4.74 Å². The van der Waals surface area contributed by atoms with E-state index >= 15 is 0 Å². The third-order valence-corrected chi connectivity index (χ3v) is 3.79. The Kier molecular flexibility index (Phi) is 4.64. The monoisotopic (exact) mass is 264 g/mol. The van der Waals surface area contributed by atoms with Gasteiger partial charge in [0.15, 0.2) is 0 Å². The molecule has 0 saturated heterocycles. The smallest absolute Gasteiger partial charge is 0.274 e. The summed E-state index contributed by atoms with van der Waals surface area (Å²) in [6.07, 6.45) is 6.38. The molecule has 0 amide bonds. The number of anilines is 1. The van der Waals surface area contributed by atoms with Crippen LogP contribution in [0.15, 0.2) is 23.1 Å². The lowest BCUT2D eigenvalue weighted by Crippen LogP contribution is -2.31. The van der Waals surface area contributed by atoms with Gasteiger partial charge in [0.05, 0.1) is 6.10 Å². The Labute approximate surface area is 114 Å². The molecule has 1 saturated carbocycles. The van der Waals surface area contributed by atoms with Crippen molar-refractivity contribution in [2.75, 3.05) is 12.4 Å². The Bertz CT molecular complexity index is 459. The minimum atomic E-state index is 0.0945. The standard InChI is InChI=1S/C15H24N2O2/c1-11(2)16-14-5-4-10-17(15(14)18)12-6-8-13(19-3)9-7-12/h4-5,10-13,16H,6-9H2,1-3H3/t12-,13-. The third-order valence-electron chi connectivity index (χ3n) is 3.79. The number of hydrogen-bond donors (Lipinski definition) is 1. The SMILES string of the molecule is CO[C@H]1CC[C@H](n2cccc(NC(C)C)c2=O)CC1. The first kappa shape index (κ1) is 14.1. The highest BCUT2D eigenvalue weighted by molar-refractivity contribution is 5.41. The Morgan fingerprint density at radius 1 is 1.32 bits per heavy atom. The van der Waals surface area contributed by atoms with E-state index < -0.39 is 0 Å². The minimum absolute atomic E-state index is 0.0945. The predicted molar refractivity (Wildman–Crippen MR) is 77.8 cm³/mol. The van der Waals surface area contributed by atoms with Gasteiger partial charge in [-0.1, -0.05) is 0 Å². The van der Waals surface area contributed by atoms with Crippen molar-refractivity contribution in [2.45, 2.75) is 57.7 Å². The number of nitrogens with one attached hydrogen (secondary N) is 1. The first-order valence-corrected chi connectivity index (χ1v) is 7.12. The molecular formula is C15H24N2O2. The van der Waals surface area contributed by atoms with E-state index in [0.29, 0.717) is 17.8 Å². The van der Waals surface area contributed by atoms with Crippen molar-refractivity contribution in [3.8, 4) is 0 Å². The molecule has 1 N–H and O–H groups in total. The summed E-state index contributed by atoms with van der Waals surface area (Å²) in [4.78, 5) is 12.4. The maximum absolute atomic E-state index is 12.4. The maximum Gasteiger partial charge on any atom is 0.274 e. The molecule has 4 nitrogen and oxygen atoms in total. The Morgan fingerprint density at radius 2 is 2.00 bits per heavy atom. The number of methoxy groups -OCH3 is 1. The van der Waals surface area contributed by atoms with Crippen molar-refractivity contribution in [1.82, 2.24) is 4.57 Å². The van der Waals surface area contributed by atoms with E-state index in [2.05, 4.69) is 5.32 Å². The summed E-state index contributed by atoms with van der Waals surface area (Å²) in [5.41, 5.74) is 0.795. The van der Waals surface area contributed by atoms with Crippen molar-refractivity contribution >= 4 is 5.69 Å². The topological polar surface area (TPSA) is 43.3 Å². The Balaban J connectivity index is 2.15. The van der Waals surface area contributed by atoms with Gasteiger partial charge in [-0.2, -0.15) is 0 Å². The molecule has 0 aromatic carbocycles. The van der Waals surface area contributed by atoms with Crippen LogP contribution in [-0.2, 0) is 4.74 Å². The average molecular weight is 264 g/mol. The molecule has 1 aromatic heterocycles. The fourth-order valence-corrected chi connectivity index (χ4v) is 2.78. The zero-order valence-electron chi connectivity index (χ0n) is 12.1. The van der Waals surface area contributed by atoms with Crippen LogP contribution in [0.4, 0.5) is 5.69 Å². The molecule has 2 rings (SSSR count). The second kappa shape index (κ2) is 6.24. The van der Waals surface area contributed by atoms with Gasteiger partial charge in [0.2, 0.25) is 0 Å².